The van der Waals surface area contributed by atoms with Gasteiger partial charge in [-0.3, -0.25) is 0 Å². The van der Waals surface area contributed by atoms with Crippen molar-refractivity contribution in [1.29, 1.82) is 0 Å². The molecule has 0 bridgehead atoms. The van der Waals surface area contributed by atoms with Crippen molar-refractivity contribution >= 4 is 25.0 Å². The van der Waals surface area contributed by atoms with Gasteiger partial charge in [-0.1, -0.05) is 0 Å². The first-order valence-corrected chi connectivity index (χ1v) is 8.17. The molecule has 0 spiro atoms. The number of methoxy groups -OCH3 is 3. The molecule has 6 nitrogen and oxygen atoms in total. The zero-order valence-corrected chi connectivity index (χ0v) is 14.0. The number of hydrogen-bond acceptors (Lipinski definition) is 5. The molecule has 3 rings (SSSR count). The third kappa shape index (κ3) is 2.49. The second-order valence-corrected chi connectivity index (χ2v) is 6.59. The molecule has 0 unspecified atom stereocenters. The number of nitrogens with zero attached hydrogens (tertiary/aromatic N) is 2. The van der Waals surface area contributed by atoms with E-state index in [4.69, 9.17) is 14.2 Å². The second kappa shape index (κ2) is 5.87. The van der Waals surface area contributed by atoms with E-state index in [1.807, 2.05) is 28.8 Å². The van der Waals surface area contributed by atoms with Crippen LogP contribution in [0.15, 0.2) is 30.6 Å². The first-order chi connectivity index (χ1) is 10.7. The van der Waals surface area contributed by atoms with Crippen LogP contribution in [0.2, 0.25) is 0 Å². The van der Waals surface area contributed by atoms with Gasteiger partial charge in [0.25, 0.3) is 0 Å². The third-order valence-corrected chi connectivity index (χ3v) is 5.28. The van der Waals surface area contributed by atoms with Crippen molar-refractivity contribution in [3.05, 3.63) is 35.0 Å². The second-order valence-electron chi connectivity index (χ2n) is 4.47. The van der Waals surface area contributed by atoms with Gasteiger partial charge in [0, 0.05) is 0 Å². The molecule has 22 heavy (non-hydrogen) atoms. The Bertz CT molecular complexity index is 806. The van der Waals surface area contributed by atoms with Gasteiger partial charge in [-0.15, -0.1) is 0 Å². The Morgan fingerprint density at radius 1 is 1.18 bits per heavy atom. The van der Waals surface area contributed by atoms with Crippen LogP contribution in [0.4, 0.5) is 0 Å². The van der Waals surface area contributed by atoms with Crippen LogP contribution in [0.1, 0.15) is 9.23 Å². The van der Waals surface area contributed by atoms with Crippen molar-refractivity contribution in [1.82, 2.24) is 9.38 Å². The third-order valence-electron chi connectivity index (χ3n) is 3.23. The van der Waals surface area contributed by atoms with Crippen molar-refractivity contribution in [2.75, 3.05) is 21.3 Å². The van der Waals surface area contributed by atoms with E-state index < -0.39 is 0 Å². The van der Waals surface area contributed by atoms with E-state index >= 15 is 0 Å². The van der Waals surface area contributed by atoms with Gasteiger partial charge in [-0.25, -0.2) is 0 Å². The Kier molecular flexibility index (Phi) is 3.92. The summed E-state index contributed by atoms with van der Waals surface area (Å²) in [6.45, 7) is 0. The fraction of sp³-hybridized carbons (Fsp3) is 0.200. The fourth-order valence-electron chi connectivity index (χ4n) is 2.13. The van der Waals surface area contributed by atoms with Gasteiger partial charge in [0.2, 0.25) is 0 Å². The number of carbonyl (C=O) groups excluding carboxylic acids is 1. The van der Waals surface area contributed by atoms with Crippen LogP contribution >= 0.6 is 0 Å². The summed E-state index contributed by atoms with van der Waals surface area (Å²) in [4.78, 5) is 16.2. The monoisotopic (exact) mass is 366 g/mol. The summed E-state index contributed by atoms with van der Waals surface area (Å²) >= 11 is -0.148. The Morgan fingerprint density at radius 3 is 2.64 bits per heavy atom. The average molecular weight is 365 g/mol. The molecule has 2 aromatic heterocycles. The van der Waals surface area contributed by atoms with E-state index in [9.17, 15) is 4.79 Å². The van der Waals surface area contributed by atoms with Crippen molar-refractivity contribution in [3.63, 3.8) is 0 Å². The van der Waals surface area contributed by atoms with Gasteiger partial charge in [-0.05, 0) is 0 Å². The normalized spacial score (nSPS) is 10.7. The molecule has 0 saturated heterocycles. The number of ether oxygens (including phenoxy) is 3. The molecule has 3 aromatic rings. The predicted octanol–water partition coefficient (Wildman–Crippen LogP) is 1.86. The number of aromatic nitrogens is 2. The first kappa shape index (κ1) is 14.7. The Balaban J connectivity index is 2.03. The van der Waals surface area contributed by atoms with Crippen molar-refractivity contribution in [2.45, 2.75) is 0 Å². The standard InChI is InChI=1S/C15H14N2O4Se/c1-19-9-4-5-10(12(6-9)20-2)11-7-17-8-13(14(18)21-3)22-15(17)16-11/h4-8H,1-3H3. The Morgan fingerprint density at radius 2 is 2.00 bits per heavy atom. The maximum atomic E-state index is 11.6. The molecule has 0 radical (unpaired) electrons. The molecule has 0 amide bonds. The molecule has 7 heteroatoms. The van der Waals surface area contributed by atoms with E-state index in [0.29, 0.717) is 10.2 Å². The minimum atomic E-state index is -0.297. The zero-order chi connectivity index (χ0) is 15.7. The zero-order valence-electron chi connectivity index (χ0n) is 12.3. The molecule has 1 aromatic carbocycles. The van der Waals surface area contributed by atoms with Crippen molar-refractivity contribution < 1.29 is 19.0 Å². The summed E-state index contributed by atoms with van der Waals surface area (Å²) in [5.74, 6) is 1.12. The van der Waals surface area contributed by atoms with E-state index in [1.54, 1.807) is 20.4 Å². The molecule has 0 aliphatic rings. The Hall–Kier alpha value is -2.24. The van der Waals surface area contributed by atoms with Crippen LogP contribution in [0, 0.1) is 0 Å². The maximum absolute atomic E-state index is 11.6. The number of fused-ring (bicyclic) bond motifs is 1. The summed E-state index contributed by atoms with van der Waals surface area (Å²) < 4.78 is 18.7. The van der Waals surface area contributed by atoms with E-state index in [1.165, 1.54) is 7.11 Å². The molecule has 0 fully saturated rings. The van der Waals surface area contributed by atoms with Crippen LogP contribution in [0.3, 0.4) is 0 Å². The van der Waals surface area contributed by atoms with E-state index in [0.717, 1.165) is 21.5 Å². The topological polar surface area (TPSA) is 62.1 Å². The van der Waals surface area contributed by atoms with Gasteiger partial charge in [0.1, 0.15) is 0 Å². The molecule has 0 aliphatic heterocycles. The van der Waals surface area contributed by atoms with Gasteiger partial charge >= 0.3 is 132 Å². The van der Waals surface area contributed by atoms with Crippen LogP contribution < -0.4 is 9.47 Å². The van der Waals surface area contributed by atoms with E-state index in [2.05, 4.69) is 4.98 Å². The quantitative estimate of drug-likeness (QED) is 0.522. The molecule has 2 heterocycles. The van der Waals surface area contributed by atoms with Crippen LogP contribution in [-0.4, -0.2) is 51.2 Å². The minimum absolute atomic E-state index is 0.148. The molecule has 0 saturated carbocycles. The summed E-state index contributed by atoms with van der Waals surface area (Å²) in [7, 11) is 4.61. The number of esters is 1. The van der Waals surface area contributed by atoms with Gasteiger partial charge in [0.05, 0.1) is 0 Å². The molecule has 0 N–H and O–H groups in total. The van der Waals surface area contributed by atoms with Crippen LogP contribution in [-0.2, 0) is 4.74 Å². The van der Waals surface area contributed by atoms with Gasteiger partial charge in [0.15, 0.2) is 0 Å². The molecular formula is C15H14N2O4Se. The molecule has 0 aliphatic carbocycles. The van der Waals surface area contributed by atoms with Crippen LogP contribution in [0.5, 0.6) is 11.5 Å². The van der Waals surface area contributed by atoms with Gasteiger partial charge < -0.3 is 0 Å². The number of carbonyl (C=O) groups is 1. The number of rotatable bonds is 4. The van der Waals surface area contributed by atoms with Crippen molar-refractivity contribution in [2.24, 2.45) is 0 Å². The van der Waals surface area contributed by atoms with Gasteiger partial charge in [-0.2, -0.15) is 0 Å². The fourth-order valence-corrected chi connectivity index (χ4v) is 3.99. The predicted molar refractivity (Wildman–Crippen MR) is 82.0 cm³/mol. The number of benzene rings is 1. The first-order valence-electron chi connectivity index (χ1n) is 6.45. The average Bonchev–Trinajstić information content (AvgIpc) is 3.12. The van der Waals surface area contributed by atoms with Crippen LogP contribution in [0.25, 0.3) is 15.8 Å². The Labute approximate surface area is 133 Å². The molecular weight excluding hydrogens is 351 g/mol. The summed E-state index contributed by atoms with van der Waals surface area (Å²) in [5.41, 5.74) is 1.69. The van der Waals surface area contributed by atoms with E-state index in [-0.39, 0.29) is 20.5 Å². The van der Waals surface area contributed by atoms with Crippen molar-refractivity contribution in [3.8, 4) is 22.8 Å². The SMILES string of the molecule is COC(=O)c1cn2cc(-c3ccc(OC)cc3OC)nc2[se]1. The number of hydrogen-bond donors (Lipinski definition) is 0. The summed E-state index contributed by atoms with van der Waals surface area (Å²) in [6, 6.07) is 5.59. The number of imidazole rings is 1. The summed E-state index contributed by atoms with van der Waals surface area (Å²) in [5, 5.41) is 0. The molecule has 0 atom stereocenters. The molecule has 114 valence electrons. The summed E-state index contributed by atoms with van der Waals surface area (Å²) in [6.07, 6.45) is 3.66.